The molecule has 2 atom stereocenters. The highest BCUT2D eigenvalue weighted by Crippen LogP contribution is 2.47. The molecule has 2 unspecified atom stereocenters. The van der Waals surface area contributed by atoms with Crippen LogP contribution in [0.3, 0.4) is 0 Å². The van der Waals surface area contributed by atoms with Crippen molar-refractivity contribution in [3.05, 3.63) is 59.7 Å². The lowest BCUT2D eigenvalue weighted by Gasteiger charge is -2.37. The summed E-state index contributed by atoms with van der Waals surface area (Å²) in [5.41, 5.74) is 2.32. The topological polar surface area (TPSA) is 46.2 Å². The van der Waals surface area contributed by atoms with Crippen LogP contribution in [0.5, 0.6) is 5.75 Å². The van der Waals surface area contributed by atoms with Gasteiger partial charge in [-0.3, -0.25) is 0 Å². The highest BCUT2D eigenvalue weighted by Gasteiger charge is 2.43. The molecule has 2 saturated carbocycles. The normalized spacial score (nSPS) is 31.1. The van der Waals surface area contributed by atoms with E-state index in [-0.39, 0.29) is 6.61 Å². The van der Waals surface area contributed by atoms with Crippen molar-refractivity contribution in [1.29, 1.82) is 0 Å². The number of rotatable bonds is 6. The van der Waals surface area contributed by atoms with Crippen molar-refractivity contribution in [2.75, 3.05) is 13.1 Å². The van der Waals surface area contributed by atoms with Gasteiger partial charge in [-0.2, -0.15) is 4.39 Å². The van der Waals surface area contributed by atoms with Crippen molar-refractivity contribution in [1.82, 2.24) is 15.6 Å². The van der Waals surface area contributed by atoms with Crippen LogP contribution in [0.25, 0.3) is 0 Å². The van der Waals surface area contributed by atoms with Crippen LogP contribution in [0.15, 0.2) is 42.6 Å². The lowest BCUT2D eigenvalue weighted by molar-refractivity contribution is 0.183. The summed E-state index contributed by atoms with van der Waals surface area (Å²) in [5, 5.41) is 7.46. The molecule has 29 heavy (non-hydrogen) atoms. The zero-order chi connectivity index (χ0) is 19.7. The Morgan fingerprint density at radius 1 is 1.14 bits per heavy atom. The van der Waals surface area contributed by atoms with Crippen LogP contribution in [-0.4, -0.2) is 30.2 Å². The van der Waals surface area contributed by atoms with Crippen LogP contribution >= 0.6 is 0 Å². The summed E-state index contributed by atoms with van der Waals surface area (Å²) in [6.45, 7) is 2.62. The summed E-state index contributed by atoms with van der Waals surface area (Å²) in [5.74, 6) is 0.905. The first-order valence-corrected chi connectivity index (χ1v) is 11.0. The molecule has 154 valence electrons. The number of aromatic nitrogens is 1. The third-order valence-corrected chi connectivity index (χ3v) is 7.16. The Morgan fingerprint density at radius 3 is 2.79 bits per heavy atom. The molecule has 5 rings (SSSR count). The zero-order valence-corrected chi connectivity index (χ0v) is 16.9. The van der Waals surface area contributed by atoms with Gasteiger partial charge in [0, 0.05) is 36.3 Å². The Morgan fingerprint density at radius 2 is 2.00 bits per heavy atom. The summed E-state index contributed by atoms with van der Waals surface area (Å²) in [7, 11) is 0. The number of hydrogen-bond acceptors (Lipinski definition) is 4. The average Bonchev–Trinajstić information content (AvgIpc) is 3.37. The molecule has 1 saturated heterocycles. The minimum absolute atomic E-state index is 0.209. The minimum Gasteiger partial charge on any atom is -0.488 e. The molecule has 2 N–H and O–H groups in total. The number of nitrogens with zero attached hydrogens (tertiary/aromatic N) is 1. The molecule has 5 heteroatoms. The largest absolute Gasteiger partial charge is 0.488 e. The molecule has 0 amide bonds. The second-order valence-corrected chi connectivity index (χ2v) is 9.10. The molecule has 2 heterocycles. The van der Waals surface area contributed by atoms with Crippen molar-refractivity contribution in [3.63, 3.8) is 0 Å². The van der Waals surface area contributed by atoms with Gasteiger partial charge < -0.3 is 15.4 Å². The monoisotopic (exact) mass is 395 g/mol. The van der Waals surface area contributed by atoms with Crippen molar-refractivity contribution < 1.29 is 9.13 Å². The summed E-state index contributed by atoms with van der Waals surface area (Å²) in [6, 6.07) is 12.9. The third kappa shape index (κ3) is 4.17. The summed E-state index contributed by atoms with van der Waals surface area (Å²) in [4.78, 5) is 3.70. The van der Waals surface area contributed by atoms with Gasteiger partial charge in [0.2, 0.25) is 5.95 Å². The van der Waals surface area contributed by atoms with Gasteiger partial charge in [0.15, 0.2) is 0 Å². The van der Waals surface area contributed by atoms with Gasteiger partial charge in [0.1, 0.15) is 12.4 Å². The maximum absolute atomic E-state index is 13.8. The Kier molecular flexibility index (Phi) is 5.27. The predicted octanol–water partition coefficient (Wildman–Crippen LogP) is 4.17. The lowest BCUT2D eigenvalue weighted by Crippen LogP contribution is -2.39. The molecule has 4 nitrogen and oxygen atoms in total. The van der Waals surface area contributed by atoms with E-state index in [0.29, 0.717) is 29.0 Å². The Hall–Kier alpha value is -1.98. The fourth-order valence-electron chi connectivity index (χ4n) is 5.25. The van der Waals surface area contributed by atoms with E-state index in [1.807, 2.05) is 12.1 Å². The van der Waals surface area contributed by atoms with Gasteiger partial charge >= 0.3 is 0 Å². The molecule has 2 aromatic rings. The number of ether oxygens (including phenoxy) is 1. The van der Waals surface area contributed by atoms with Crippen molar-refractivity contribution in [2.24, 2.45) is 5.41 Å². The van der Waals surface area contributed by atoms with Crippen LogP contribution in [0, 0.1) is 11.4 Å². The molecule has 1 aromatic heterocycles. The number of para-hydroxylation sites is 1. The first-order chi connectivity index (χ1) is 14.2. The van der Waals surface area contributed by atoms with Crippen molar-refractivity contribution in [2.45, 2.75) is 63.1 Å². The molecule has 1 aliphatic heterocycles. The molecule has 2 aliphatic carbocycles. The smallest absolute Gasteiger partial charge is 0.219 e. The minimum atomic E-state index is -0.455. The molecule has 1 aromatic carbocycles. The summed E-state index contributed by atoms with van der Waals surface area (Å²) < 4.78 is 19.8. The Balaban J connectivity index is 1.17. The van der Waals surface area contributed by atoms with Gasteiger partial charge in [0.25, 0.3) is 0 Å². The molecule has 0 radical (unpaired) electrons. The van der Waals surface area contributed by atoms with E-state index in [1.54, 1.807) is 12.1 Å². The third-order valence-electron chi connectivity index (χ3n) is 7.16. The standard InChI is InChI=1S/C24H30FN3O/c25-23-17(4-3-12-27-23)15-29-22-6-2-1-5-19(22)20-14-21(20)28-18-7-9-24(10-8-18)11-13-26-16-24/h1-6,12,18,20-21,26,28H,7-11,13-16H2. The molecule has 3 fully saturated rings. The summed E-state index contributed by atoms with van der Waals surface area (Å²) >= 11 is 0. The molecular formula is C24H30FN3O. The van der Waals surface area contributed by atoms with E-state index in [1.165, 1.54) is 57.0 Å². The number of nitrogens with one attached hydrogen (secondary N) is 2. The van der Waals surface area contributed by atoms with Gasteiger partial charge in [-0.25, -0.2) is 4.98 Å². The summed E-state index contributed by atoms with van der Waals surface area (Å²) in [6.07, 6.45) is 9.27. The Labute approximate surface area is 172 Å². The van der Waals surface area contributed by atoms with Crippen LogP contribution in [0.4, 0.5) is 4.39 Å². The quantitative estimate of drug-likeness (QED) is 0.721. The van der Waals surface area contributed by atoms with Crippen molar-refractivity contribution >= 4 is 0 Å². The van der Waals surface area contributed by atoms with Crippen LogP contribution < -0.4 is 15.4 Å². The predicted molar refractivity (Wildman–Crippen MR) is 111 cm³/mol. The highest BCUT2D eigenvalue weighted by atomic mass is 19.1. The number of hydrogen-bond donors (Lipinski definition) is 2. The van der Waals surface area contributed by atoms with E-state index in [4.69, 9.17) is 4.74 Å². The zero-order valence-electron chi connectivity index (χ0n) is 16.9. The average molecular weight is 396 g/mol. The fourth-order valence-corrected chi connectivity index (χ4v) is 5.25. The SMILES string of the molecule is Fc1ncccc1COc1ccccc1C1CC1NC1CCC2(CCNC2)CC1. The van der Waals surface area contributed by atoms with Crippen LogP contribution in [-0.2, 0) is 6.61 Å². The van der Waals surface area contributed by atoms with Gasteiger partial charge in [-0.1, -0.05) is 18.2 Å². The van der Waals surface area contributed by atoms with Crippen LogP contribution in [0.2, 0.25) is 0 Å². The van der Waals surface area contributed by atoms with Gasteiger partial charge in [-0.15, -0.1) is 0 Å². The highest BCUT2D eigenvalue weighted by molar-refractivity contribution is 5.41. The van der Waals surface area contributed by atoms with Crippen molar-refractivity contribution in [3.8, 4) is 5.75 Å². The van der Waals surface area contributed by atoms with E-state index < -0.39 is 5.95 Å². The maximum Gasteiger partial charge on any atom is 0.219 e. The van der Waals surface area contributed by atoms with Crippen LogP contribution in [0.1, 0.15) is 55.6 Å². The molecule has 3 aliphatic rings. The molecule has 1 spiro atoms. The van der Waals surface area contributed by atoms with E-state index in [9.17, 15) is 4.39 Å². The number of pyridine rings is 1. The Bertz CT molecular complexity index is 842. The lowest BCUT2D eigenvalue weighted by atomic mass is 9.72. The van der Waals surface area contributed by atoms with Gasteiger partial charge in [-0.05, 0) is 74.2 Å². The maximum atomic E-state index is 13.8. The first kappa shape index (κ1) is 19.0. The van der Waals surface area contributed by atoms with E-state index >= 15 is 0 Å². The van der Waals surface area contributed by atoms with E-state index in [0.717, 1.165) is 12.2 Å². The molecular weight excluding hydrogens is 365 g/mol. The first-order valence-electron chi connectivity index (χ1n) is 11.0. The molecule has 0 bridgehead atoms. The van der Waals surface area contributed by atoms with E-state index in [2.05, 4.69) is 27.8 Å². The fraction of sp³-hybridized carbons (Fsp3) is 0.542. The number of benzene rings is 1. The second kappa shape index (κ2) is 8.04. The van der Waals surface area contributed by atoms with Gasteiger partial charge in [0.05, 0.1) is 0 Å². The second-order valence-electron chi connectivity index (χ2n) is 9.10. The number of halogens is 1.